The molecule has 2 amide bonds. The quantitative estimate of drug-likeness (QED) is 0.687. The average Bonchev–Trinajstić information content (AvgIpc) is 2.79. The Bertz CT molecular complexity index is 363. The Kier molecular flexibility index (Phi) is 5.12. The molecule has 0 spiro atoms. The molecular formula is C10H17N5O2. The first-order chi connectivity index (χ1) is 8.11. The van der Waals surface area contributed by atoms with Gasteiger partial charge in [0.15, 0.2) is 0 Å². The summed E-state index contributed by atoms with van der Waals surface area (Å²) >= 11 is 0. The SMILES string of the molecule is CCC(C)NC(=O)CNC(=O)Cn1cncn1. The van der Waals surface area contributed by atoms with Gasteiger partial charge in [0, 0.05) is 6.04 Å². The molecule has 0 fully saturated rings. The zero-order chi connectivity index (χ0) is 12.7. The molecule has 17 heavy (non-hydrogen) atoms. The molecule has 0 aliphatic carbocycles. The lowest BCUT2D eigenvalue weighted by atomic mass is 10.2. The molecule has 0 saturated heterocycles. The molecule has 1 aromatic rings. The first-order valence-electron chi connectivity index (χ1n) is 5.50. The minimum atomic E-state index is -0.269. The maximum atomic E-state index is 11.4. The monoisotopic (exact) mass is 239 g/mol. The van der Waals surface area contributed by atoms with Crippen molar-refractivity contribution >= 4 is 11.8 Å². The van der Waals surface area contributed by atoms with Crippen LogP contribution in [0.1, 0.15) is 20.3 Å². The molecule has 0 aliphatic rings. The van der Waals surface area contributed by atoms with Gasteiger partial charge in [-0.05, 0) is 13.3 Å². The van der Waals surface area contributed by atoms with E-state index in [1.165, 1.54) is 17.3 Å². The number of nitrogens with zero attached hydrogens (tertiary/aromatic N) is 3. The highest BCUT2D eigenvalue weighted by molar-refractivity contribution is 5.84. The lowest BCUT2D eigenvalue weighted by molar-refractivity contribution is -0.126. The van der Waals surface area contributed by atoms with Crippen molar-refractivity contribution in [3.8, 4) is 0 Å². The van der Waals surface area contributed by atoms with Crippen molar-refractivity contribution in [1.82, 2.24) is 25.4 Å². The number of carbonyl (C=O) groups is 2. The molecule has 0 aromatic carbocycles. The molecule has 0 saturated carbocycles. The Hall–Kier alpha value is -1.92. The van der Waals surface area contributed by atoms with Crippen molar-refractivity contribution < 1.29 is 9.59 Å². The molecule has 2 N–H and O–H groups in total. The summed E-state index contributed by atoms with van der Waals surface area (Å²) in [5.74, 6) is -0.457. The van der Waals surface area contributed by atoms with Gasteiger partial charge in [0.05, 0.1) is 6.54 Å². The van der Waals surface area contributed by atoms with Crippen LogP contribution < -0.4 is 10.6 Å². The van der Waals surface area contributed by atoms with E-state index >= 15 is 0 Å². The summed E-state index contributed by atoms with van der Waals surface area (Å²) in [4.78, 5) is 26.5. The van der Waals surface area contributed by atoms with Gasteiger partial charge in [0.25, 0.3) is 0 Å². The topological polar surface area (TPSA) is 88.9 Å². The van der Waals surface area contributed by atoms with Crippen LogP contribution in [0.5, 0.6) is 0 Å². The molecule has 1 unspecified atom stereocenters. The van der Waals surface area contributed by atoms with E-state index in [0.717, 1.165) is 6.42 Å². The average molecular weight is 239 g/mol. The second kappa shape index (κ2) is 6.62. The van der Waals surface area contributed by atoms with Gasteiger partial charge in [-0.15, -0.1) is 0 Å². The normalized spacial score (nSPS) is 11.9. The van der Waals surface area contributed by atoms with Crippen molar-refractivity contribution in [3.63, 3.8) is 0 Å². The van der Waals surface area contributed by atoms with Crippen LogP contribution in [0.2, 0.25) is 0 Å². The van der Waals surface area contributed by atoms with Crippen molar-refractivity contribution in [1.29, 1.82) is 0 Å². The summed E-state index contributed by atoms with van der Waals surface area (Å²) in [7, 11) is 0. The summed E-state index contributed by atoms with van der Waals surface area (Å²) in [5, 5.41) is 9.06. The first-order valence-corrected chi connectivity index (χ1v) is 5.50. The van der Waals surface area contributed by atoms with Crippen LogP contribution in [-0.2, 0) is 16.1 Å². The van der Waals surface area contributed by atoms with Crippen LogP contribution in [0.15, 0.2) is 12.7 Å². The van der Waals surface area contributed by atoms with E-state index < -0.39 is 0 Å². The number of amides is 2. The third kappa shape index (κ3) is 5.10. The van der Waals surface area contributed by atoms with Gasteiger partial charge in [-0.25, -0.2) is 9.67 Å². The Labute approximate surface area is 99.6 Å². The Morgan fingerprint density at radius 1 is 1.41 bits per heavy atom. The largest absolute Gasteiger partial charge is 0.352 e. The van der Waals surface area contributed by atoms with Crippen LogP contribution in [-0.4, -0.2) is 39.2 Å². The van der Waals surface area contributed by atoms with Crippen molar-refractivity contribution in [2.45, 2.75) is 32.9 Å². The summed E-state index contributed by atoms with van der Waals surface area (Å²) in [6, 6.07) is 0.120. The number of carbonyl (C=O) groups excluding carboxylic acids is 2. The van der Waals surface area contributed by atoms with Gasteiger partial charge < -0.3 is 10.6 Å². The van der Waals surface area contributed by atoms with E-state index in [4.69, 9.17) is 0 Å². The van der Waals surface area contributed by atoms with Crippen molar-refractivity contribution in [2.75, 3.05) is 6.54 Å². The van der Waals surface area contributed by atoms with Crippen LogP contribution in [0.3, 0.4) is 0 Å². The fourth-order valence-electron chi connectivity index (χ4n) is 1.12. The standard InChI is InChI=1S/C10H17N5O2/c1-3-8(2)14-9(16)4-12-10(17)5-15-7-11-6-13-15/h6-8H,3-5H2,1-2H3,(H,12,17)(H,14,16). The molecule has 0 aliphatic heterocycles. The third-order valence-electron chi connectivity index (χ3n) is 2.24. The minimum absolute atomic E-state index is 0.0160. The molecule has 1 aromatic heterocycles. The van der Waals surface area contributed by atoms with Gasteiger partial charge in [-0.1, -0.05) is 6.92 Å². The van der Waals surface area contributed by atoms with Gasteiger partial charge in [-0.3, -0.25) is 9.59 Å². The Morgan fingerprint density at radius 2 is 2.18 bits per heavy atom. The van der Waals surface area contributed by atoms with E-state index in [-0.39, 0.29) is 30.9 Å². The second-order valence-electron chi connectivity index (χ2n) is 3.75. The Morgan fingerprint density at radius 3 is 2.76 bits per heavy atom. The molecule has 7 nitrogen and oxygen atoms in total. The van der Waals surface area contributed by atoms with E-state index in [0.29, 0.717) is 0 Å². The molecule has 94 valence electrons. The first kappa shape index (κ1) is 13.1. The smallest absolute Gasteiger partial charge is 0.242 e. The lowest BCUT2D eigenvalue weighted by Gasteiger charge is -2.11. The van der Waals surface area contributed by atoms with Crippen molar-refractivity contribution in [3.05, 3.63) is 12.7 Å². The zero-order valence-electron chi connectivity index (χ0n) is 10.0. The van der Waals surface area contributed by atoms with Crippen LogP contribution in [0.25, 0.3) is 0 Å². The van der Waals surface area contributed by atoms with Crippen LogP contribution in [0.4, 0.5) is 0 Å². The highest BCUT2D eigenvalue weighted by atomic mass is 16.2. The van der Waals surface area contributed by atoms with E-state index in [2.05, 4.69) is 20.7 Å². The van der Waals surface area contributed by atoms with E-state index in [1.54, 1.807) is 0 Å². The van der Waals surface area contributed by atoms with Gasteiger partial charge in [-0.2, -0.15) is 5.10 Å². The number of rotatable bonds is 6. The summed E-state index contributed by atoms with van der Waals surface area (Å²) in [6.45, 7) is 3.94. The summed E-state index contributed by atoms with van der Waals surface area (Å²) in [5.41, 5.74) is 0. The lowest BCUT2D eigenvalue weighted by Crippen LogP contribution is -2.41. The number of hydrogen-bond donors (Lipinski definition) is 2. The van der Waals surface area contributed by atoms with Gasteiger partial charge in [0.2, 0.25) is 11.8 Å². The van der Waals surface area contributed by atoms with Crippen LogP contribution in [0, 0.1) is 0 Å². The van der Waals surface area contributed by atoms with Gasteiger partial charge >= 0.3 is 0 Å². The molecule has 0 bridgehead atoms. The Balaban J connectivity index is 2.21. The second-order valence-corrected chi connectivity index (χ2v) is 3.75. The third-order valence-corrected chi connectivity index (χ3v) is 2.24. The highest BCUT2D eigenvalue weighted by Crippen LogP contribution is 1.86. The number of nitrogens with one attached hydrogen (secondary N) is 2. The van der Waals surface area contributed by atoms with Crippen LogP contribution >= 0.6 is 0 Å². The minimum Gasteiger partial charge on any atom is -0.352 e. The maximum Gasteiger partial charge on any atom is 0.242 e. The van der Waals surface area contributed by atoms with E-state index in [1.807, 2.05) is 13.8 Å². The predicted octanol–water partition coefficient (Wildman–Crippen LogP) is -0.691. The molecule has 7 heteroatoms. The summed E-state index contributed by atoms with van der Waals surface area (Å²) in [6.07, 6.45) is 3.65. The molecule has 1 heterocycles. The molecular weight excluding hydrogens is 222 g/mol. The maximum absolute atomic E-state index is 11.4. The predicted molar refractivity (Wildman–Crippen MR) is 60.9 cm³/mol. The number of aromatic nitrogens is 3. The fourth-order valence-corrected chi connectivity index (χ4v) is 1.12. The van der Waals surface area contributed by atoms with Gasteiger partial charge in [0.1, 0.15) is 19.2 Å². The fraction of sp³-hybridized carbons (Fsp3) is 0.600. The summed E-state index contributed by atoms with van der Waals surface area (Å²) < 4.78 is 1.39. The molecule has 0 radical (unpaired) electrons. The zero-order valence-corrected chi connectivity index (χ0v) is 10.0. The number of hydrogen-bond acceptors (Lipinski definition) is 4. The van der Waals surface area contributed by atoms with E-state index in [9.17, 15) is 9.59 Å². The molecule has 1 atom stereocenters. The van der Waals surface area contributed by atoms with Crippen molar-refractivity contribution in [2.24, 2.45) is 0 Å². The molecule has 1 rings (SSSR count). The highest BCUT2D eigenvalue weighted by Gasteiger charge is 2.08.